The molecule has 0 aliphatic rings. The Balaban J connectivity index is 1.21. The highest BCUT2D eigenvalue weighted by Gasteiger charge is 2.15. The molecule has 0 amide bonds. The van der Waals surface area contributed by atoms with Crippen molar-refractivity contribution in [2.24, 2.45) is 0 Å². The molecule has 7 nitrogen and oxygen atoms in total. The van der Waals surface area contributed by atoms with Crippen molar-refractivity contribution in [2.45, 2.75) is 0 Å². The highest BCUT2D eigenvalue weighted by Crippen LogP contribution is 2.31. The van der Waals surface area contributed by atoms with Gasteiger partial charge in [0.25, 0.3) is 0 Å². The van der Waals surface area contributed by atoms with Crippen LogP contribution in [0, 0.1) is 0 Å². The zero-order chi connectivity index (χ0) is 32.1. The standard InChI is InChI=1S/C41H27N7/c1-3-13-28(14-4-1)39-46-40(29-15-5-2-6-16-29)48-41(47-39)31-18-11-17-30(25-31)33-21-12-22-34(44-33)32-26-37(35-19-7-9-23-42-35)45-38(27-32)36-20-8-10-24-43-36/h1-27H. The van der Waals surface area contributed by atoms with E-state index in [4.69, 9.17) is 24.9 Å². The zero-order valence-electron chi connectivity index (χ0n) is 25.7. The smallest absolute Gasteiger partial charge is 0.164 e. The second kappa shape index (κ2) is 12.9. The summed E-state index contributed by atoms with van der Waals surface area (Å²) >= 11 is 0. The van der Waals surface area contributed by atoms with E-state index in [2.05, 4.69) is 22.1 Å². The summed E-state index contributed by atoms with van der Waals surface area (Å²) in [6.07, 6.45) is 3.54. The van der Waals surface area contributed by atoms with Gasteiger partial charge in [-0.05, 0) is 54.6 Å². The molecule has 8 rings (SSSR count). The first-order valence-corrected chi connectivity index (χ1v) is 15.6. The Morgan fingerprint density at radius 1 is 0.250 bits per heavy atom. The van der Waals surface area contributed by atoms with Gasteiger partial charge in [0.2, 0.25) is 0 Å². The van der Waals surface area contributed by atoms with Gasteiger partial charge in [0, 0.05) is 40.2 Å². The zero-order valence-corrected chi connectivity index (χ0v) is 25.7. The van der Waals surface area contributed by atoms with E-state index in [0.717, 1.165) is 62.0 Å². The van der Waals surface area contributed by atoms with Gasteiger partial charge in [0.1, 0.15) is 0 Å². The topological polar surface area (TPSA) is 90.2 Å². The fourth-order valence-corrected chi connectivity index (χ4v) is 5.48. The normalized spacial score (nSPS) is 10.9. The summed E-state index contributed by atoms with van der Waals surface area (Å²) in [6.45, 7) is 0. The van der Waals surface area contributed by atoms with Crippen LogP contribution in [0.25, 0.3) is 79.5 Å². The maximum absolute atomic E-state index is 5.13. The maximum atomic E-state index is 5.13. The van der Waals surface area contributed by atoms with Crippen LogP contribution in [0.15, 0.2) is 164 Å². The minimum Gasteiger partial charge on any atom is -0.255 e. The quantitative estimate of drug-likeness (QED) is 0.176. The Kier molecular flexibility index (Phi) is 7.74. The summed E-state index contributed by atoms with van der Waals surface area (Å²) in [5.74, 6) is 1.83. The van der Waals surface area contributed by atoms with Crippen molar-refractivity contribution in [3.8, 4) is 79.5 Å². The van der Waals surface area contributed by atoms with E-state index in [0.29, 0.717) is 17.5 Å². The van der Waals surface area contributed by atoms with Crippen LogP contribution in [-0.4, -0.2) is 34.9 Å². The second-order valence-electron chi connectivity index (χ2n) is 11.1. The second-order valence-corrected chi connectivity index (χ2v) is 11.1. The van der Waals surface area contributed by atoms with Gasteiger partial charge in [-0.25, -0.2) is 24.9 Å². The summed E-state index contributed by atoms with van der Waals surface area (Å²) in [6, 6.07) is 49.9. The number of benzene rings is 3. The fraction of sp³-hybridized carbons (Fsp3) is 0. The van der Waals surface area contributed by atoms with Gasteiger partial charge in [-0.15, -0.1) is 0 Å². The molecule has 0 atom stereocenters. The Labute approximate surface area is 277 Å². The minimum atomic E-state index is 0.592. The molecule has 8 aromatic rings. The van der Waals surface area contributed by atoms with Crippen molar-refractivity contribution in [3.05, 3.63) is 164 Å². The first kappa shape index (κ1) is 28.7. The van der Waals surface area contributed by atoms with E-state index in [1.54, 1.807) is 12.4 Å². The summed E-state index contributed by atoms with van der Waals surface area (Å²) < 4.78 is 0. The molecular formula is C41H27N7. The Morgan fingerprint density at radius 3 is 1.21 bits per heavy atom. The molecule has 0 fully saturated rings. The van der Waals surface area contributed by atoms with Crippen LogP contribution in [0.2, 0.25) is 0 Å². The predicted molar refractivity (Wildman–Crippen MR) is 189 cm³/mol. The molecule has 0 radical (unpaired) electrons. The van der Waals surface area contributed by atoms with E-state index in [1.165, 1.54) is 0 Å². The van der Waals surface area contributed by atoms with Gasteiger partial charge in [0.05, 0.1) is 34.2 Å². The molecule has 48 heavy (non-hydrogen) atoms. The molecule has 0 aliphatic carbocycles. The van der Waals surface area contributed by atoms with Crippen molar-refractivity contribution < 1.29 is 0 Å². The molecule has 0 saturated carbocycles. The van der Waals surface area contributed by atoms with E-state index in [-0.39, 0.29) is 0 Å². The molecule has 5 heterocycles. The fourth-order valence-electron chi connectivity index (χ4n) is 5.48. The number of hydrogen-bond acceptors (Lipinski definition) is 7. The average Bonchev–Trinajstić information content (AvgIpc) is 3.19. The predicted octanol–water partition coefficient (Wildman–Crippen LogP) is 9.12. The van der Waals surface area contributed by atoms with Gasteiger partial charge in [0.15, 0.2) is 17.5 Å². The molecule has 0 bridgehead atoms. The Hall–Kier alpha value is -6.73. The van der Waals surface area contributed by atoms with E-state index in [1.807, 2.05) is 140 Å². The summed E-state index contributed by atoms with van der Waals surface area (Å²) in [5.41, 5.74) is 9.29. The van der Waals surface area contributed by atoms with Gasteiger partial charge >= 0.3 is 0 Å². The lowest BCUT2D eigenvalue weighted by molar-refractivity contribution is 1.07. The summed E-state index contributed by atoms with van der Waals surface area (Å²) in [4.78, 5) is 33.8. The molecule has 226 valence electrons. The van der Waals surface area contributed by atoms with Crippen molar-refractivity contribution >= 4 is 0 Å². The third-order valence-electron chi connectivity index (χ3n) is 7.84. The van der Waals surface area contributed by atoms with Crippen molar-refractivity contribution in [1.82, 2.24) is 34.9 Å². The molecule has 3 aromatic carbocycles. The van der Waals surface area contributed by atoms with Gasteiger partial charge < -0.3 is 0 Å². The first-order valence-electron chi connectivity index (χ1n) is 15.6. The molecule has 7 heteroatoms. The van der Waals surface area contributed by atoms with Crippen LogP contribution in [0.4, 0.5) is 0 Å². The van der Waals surface area contributed by atoms with Crippen molar-refractivity contribution in [2.75, 3.05) is 0 Å². The van der Waals surface area contributed by atoms with E-state index in [9.17, 15) is 0 Å². The van der Waals surface area contributed by atoms with Crippen LogP contribution in [0.1, 0.15) is 0 Å². The van der Waals surface area contributed by atoms with E-state index < -0.39 is 0 Å². The lowest BCUT2D eigenvalue weighted by Gasteiger charge is -2.11. The van der Waals surface area contributed by atoms with Crippen LogP contribution in [0.5, 0.6) is 0 Å². The molecule has 0 unspecified atom stereocenters. The number of hydrogen-bond donors (Lipinski definition) is 0. The summed E-state index contributed by atoms with van der Waals surface area (Å²) in [7, 11) is 0. The third-order valence-corrected chi connectivity index (χ3v) is 7.84. The molecular weight excluding hydrogens is 591 g/mol. The first-order chi connectivity index (χ1) is 23.8. The van der Waals surface area contributed by atoms with Crippen molar-refractivity contribution in [1.29, 1.82) is 0 Å². The van der Waals surface area contributed by atoms with Crippen LogP contribution in [0.3, 0.4) is 0 Å². The van der Waals surface area contributed by atoms with Crippen LogP contribution >= 0.6 is 0 Å². The van der Waals surface area contributed by atoms with Gasteiger partial charge in [-0.1, -0.05) is 97.1 Å². The molecule has 0 saturated heterocycles. The molecule has 0 spiro atoms. The Morgan fingerprint density at radius 2 is 0.667 bits per heavy atom. The monoisotopic (exact) mass is 617 g/mol. The number of pyridine rings is 4. The SMILES string of the molecule is c1ccc(-c2nc(-c3ccccc3)nc(-c3cccc(-c4cccc(-c5cc(-c6ccccn6)nc(-c6ccccn6)c5)n4)c3)n2)cc1. The number of aromatic nitrogens is 7. The maximum Gasteiger partial charge on any atom is 0.164 e. The van der Waals surface area contributed by atoms with Crippen LogP contribution < -0.4 is 0 Å². The average molecular weight is 618 g/mol. The van der Waals surface area contributed by atoms with E-state index >= 15 is 0 Å². The highest BCUT2D eigenvalue weighted by molar-refractivity contribution is 5.76. The molecule has 5 aromatic heterocycles. The lowest BCUT2D eigenvalue weighted by atomic mass is 10.0. The minimum absolute atomic E-state index is 0.592. The highest BCUT2D eigenvalue weighted by atomic mass is 15.0. The lowest BCUT2D eigenvalue weighted by Crippen LogP contribution is -2.00. The van der Waals surface area contributed by atoms with Gasteiger partial charge in [-0.2, -0.15) is 0 Å². The molecule has 0 aliphatic heterocycles. The molecule has 0 N–H and O–H groups in total. The van der Waals surface area contributed by atoms with Crippen LogP contribution in [-0.2, 0) is 0 Å². The Bertz CT molecular complexity index is 2050. The third kappa shape index (κ3) is 6.08. The number of rotatable bonds is 7. The largest absolute Gasteiger partial charge is 0.255 e. The summed E-state index contributed by atoms with van der Waals surface area (Å²) in [5, 5.41) is 0. The van der Waals surface area contributed by atoms with Crippen molar-refractivity contribution in [3.63, 3.8) is 0 Å². The number of nitrogens with zero attached hydrogens (tertiary/aromatic N) is 7. The van der Waals surface area contributed by atoms with Gasteiger partial charge in [-0.3, -0.25) is 9.97 Å².